The lowest BCUT2D eigenvalue weighted by molar-refractivity contribution is -0.00252. The molecule has 0 bridgehead atoms. The van der Waals surface area contributed by atoms with Gasteiger partial charge >= 0.3 is 0 Å². The second-order valence-electron chi connectivity index (χ2n) is 7.68. The first-order valence-electron chi connectivity index (χ1n) is 8.54. The summed E-state index contributed by atoms with van der Waals surface area (Å²) < 4.78 is 5.61. The largest absolute Gasteiger partial charge is 0.381 e. The van der Waals surface area contributed by atoms with Crippen molar-refractivity contribution in [1.29, 1.82) is 0 Å². The SMILES string of the molecule is CC(C)NCC1(CN2CCC(C(C)C)C2)CCOCC1. The van der Waals surface area contributed by atoms with Gasteiger partial charge in [0.2, 0.25) is 0 Å². The van der Waals surface area contributed by atoms with Gasteiger partial charge in [-0.2, -0.15) is 0 Å². The van der Waals surface area contributed by atoms with Crippen LogP contribution in [0.1, 0.15) is 47.0 Å². The number of ether oxygens (including phenoxy) is 1. The van der Waals surface area contributed by atoms with E-state index in [-0.39, 0.29) is 0 Å². The van der Waals surface area contributed by atoms with Gasteiger partial charge < -0.3 is 15.0 Å². The Morgan fingerprint density at radius 2 is 1.90 bits per heavy atom. The summed E-state index contributed by atoms with van der Waals surface area (Å²) in [4.78, 5) is 2.72. The Hall–Kier alpha value is -0.120. The van der Waals surface area contributed by atoms with Crippen LogP contribution in [0.2, 0.25) is 0 Å². The fourth-order valence-electron chi connectivity index (χ4n) is 3.64. The Morgan fingerprint density at radius 1 is 1.20 bits per heavy atom. The van der Waals surface area contributed by atoms with Gasteiger partial charge in [0.1, 0.15) is 0 Å². The minimum Gasteiger partial charge on any atom is -0.381 e. The molecule has 2 saturated heterocycles. The maximum Gasteiger partial charge on any atom is 0.0472 e. The molecular formula is C17H34N2O. The van der Waals surface area contributed by atoms with E-state index in [1.807, 2.05) is 0 Å². The molecule has 2 fully saturated rings. The van der Waals surface area contributed by atoms with Crippen molar-refractivity contribution in [1.82, 2.24) is 10.2 Å². The Morgan fingerprint density at radius 3 is 2.45 bits per heavy atom. The third-order valence-electron chi connectivity index (χ3n) is 5.25. The number of nitrogens with one attached hydrogen (secondary N) is 1. The molecule has 1 atom stereocenters. The van der Waals surface area contributed by atoms with Crippen LogP contribution < -0.4 is 5.32 Å². The van der Waals surface area contributed by atoms with Crippen LogP contribution in [0.25, 0.3) is 0 Å². The van der Waals surface area contributed by atoms with Crippen LogP contribution in [-0.2, 0) is 4.74 Å². The molecule has 0 radical (unpaired) electrons. The van der Waals surface area contributed by atoms with Crippen molar-refractivity contribution in [3.05, 3.63) is 0 Å². The first-order valence-corrected chi connectivity index (χ1v) is 8.54. The number of hydrogen-bond donors (Lipinski definition) is 1. The number of nitrogens with zero attached hydrogens (tertiary/aromatic N) is 1. The molecule has 0 amide bonds. The molecule has 0 spiro atoms. The molecule has 118 valence electrons. The lowest BCUT2D eigenvalue weighted by atomic mass is 9.79. The monoisotopic (exact) mass is 282 g/mol. The molecule has 0 aromatic rings. The topological polar surface area (TPSA) is 24.5 Å². The zero-order valence-corrected chi connectivity index (χ0v) is 14.0. The summed E-state index contributed by atoms with van der Waals surface area (Å²) in [6.45, 7) is 16.2. The van der Waals surface area contributed by atoms with Crippen molar-refractivity contribution < 1.29 is 4.74 Å². The summed E-state index contributed by atoms with van der Waals surface area (Å²) in [5.74, 6) is 1.74. The molecule has 3 nitrogen and oxygen atoms in total. The van der Waals surface area contributed by atoms with Crippen molar-refractivity contribution in [3.8, 4) is 0 Å². The highest BCUT2D eigenvalue weighted by Crippen LogP contribution is 2.34. The molecular weight excluding hydrogens is 248 g/mol. The zero-order valence-electron chi connectivity index (χ0n) is 14.0. The highest BCUT2D eigenvalue weighted by atomic mass is 16.5. The van der Waals surface area contributed by atoms with Gasteiger partial charge in [-0.05, 0) is 43.1 Å². The van der Waals surface area contributed by atoms with Crippen LogP contribution in [0.5, 0.6) is 0 Å². The Labute approximate surface area is 125 Å². The molecule has 1 unspecified atom stereocenters. The summed E-state index contributed by atoms with van der Waals surface area (Å²) in [5, 5.41) is 3.68. The molecule has 2 rings (SSSR count). The van der Waals surface area contributed by atoms with E-state index in [0.717, 1.165) is 31.6 Å². The van der Waals surface area contributed by atoms with Crippen LogP contribution in [-0.4, -0.2) is 50.3 Å². The summed E-state index contributed by atoms with van der Waals surface area (Å²) in [7, 11) is 0. The van der Waals surface area contributed by atoms with Crippen LogP contribution in [0.15, 0.2) is 0 Å². The van der Waals surface area contributed by atoms with E-state index in [1.165, 1.54) is 38.9 Å². The van der Waals surface area contributed by atoms with Crippen molar-refractivity contribution in [2.45, 2.75) is 53.0 Å². The molecule has 2 aliphatic rings. The van der Waals surface area contributed by atoms with E-state index in [0.29, 0.717) is 11.5 Å². The van der Waals surface area contributed by atoms with Gasteiger partial charge in [0.15, 0.2) is 0 Å². The van der Waals surface area contributed by atoms with Gasteiger partial charge in [0, 0.05) is 38.9 Å². The first kappa shape index (κ1) is 16.3. The standard InChI is InChI=1S/C17H34N2O/c1-14(2)16-5-8-19(11-16)13-17(12-18-15(3)4)6-9-20-10-7-17/h14-16,18H,5-13H2,1-4H3. The maximum atomic E-state index is 5.61. The molecule has 0 aromatic heterocycles. The predicted molar refractivity (Wildman–Crippen MR) is 85.0 cm³/mol. The minimum absolute atomic E-state index is 0.439. The minimum atomic E-state index is 0.439. The van der Waals surface area contributed by atoms with E-state index < -0.39 is 0 Å². The van der Waals surface area contributed by atoms with E-state index >= 15 is 0 Å². The zero-order chi connectivity index (χ0) is 14.6. The van der Waals surface area contributed by atoms with Crippen molar-refractivity contribution >= 4 is 0 Å². The second kappa shape index (κ2) is 7.24. The van der Waals surface area contributed by atoms with Gasteiger partial charge in [-0.1, -0.05) is 27.7 Å². The average Bonchev–Trinajstić information content (AvgIpc) is 2.86. The summed E-state index contributed by atoms with van der Waals surface area (Å²) in [6, 6.07) is 0.580. The lowest BCUT2D eigenvalue weighted by Gasteiger charge is -2.41. The van der Waals surface area contributed by atoms with E-state index in [2.05, 4.69) is 37.9 Å². The molecule has 2 heterocycles. The van der Waals surface area contributed by atoms with Crippen molar-refractivity contribution in [3.63, 3.8) is 0 Å². The van der Waals surface area contributed by atoms with E-state index in [4.69, 9.17) is 4.74 Å². The second-order valence-corrected chi connectivity index (χ2v) is 7.68. The van der Waals surface area contributed by atoms with Crippen LogP contribution >= 0.6 is 0 Å². The van der Waals surface area contributed by atoms with Gasteiger partial charge in [0.25, 0.3) is 0 Å². The number of hydrogen-bond acceptors (Lipinski definition) is 3. The van der Waals surface area contributed by atoms with Gasteiger partial charge in [-0.15, -0.1) is 0 Å². The quantitative estimate of drug-likeness (QED) is 0.811. The Balaban J connectivity index is 1.90. The average molecular weight is 282 g/mol. The van der Waals surface area contributed by atoms with Crippen LogP contribution in [0, 0.1) is 17.3 Å². The molecule has 2 aliphatic heterocycles. The van der Waals surface area contributed by atoms with Gasteiger partial charge in [0.05, 0.1) is 0 Å². The van der Waals surface area contributed by atoms with Gasteiger partial charge in [-0.3, -0.25) is 0 Å². The molecule has 20 heavy (non-hydrogen) atoms. The molecule has 0 aromatic carbocycles. The predicted octanol–water partition coefficient (Wildman–Crippen LogP) is 2.76. The van der Waals surface area contributed by atoms with E-state index in [9.17, 15) is 0 Å². The normalized spacial score (nSPS) is 27.6. The van der Waals surface area contributed by atoms with Crippen LogP contribution in [0.4, 0.5) is 0 Å². The third kappa shape index (κ3) is 4.44. The smallest absolute Gasteiger partial charge is 0.0472 e. The number of likely N-dealkylation sites (tertiary alicyclic amines) is 1. The number of rotatable bonds is 6. The Kier molecular flexibility index (Phi) is 5.88. The maximum absolute atomic E-state index is 5.61. The highest BCUT2D eigenvalue weighted by Gasteiger charge is 2.36. The van der Waals surface area contributed by atoms with Crippen LogP contribution in [0.3, 0.4) is 0 Å². The lowest BCUT2D eigenvalue weighted by Crippen LogP contribution is -2.48. The van der Waals surface area contributed by atoms with E-state index in [1.54, 1.807) is 0 Å². The molecule has 0 saturated carbocycles. The highest BCUT2D eigenvalue weighted by molar-refractivity contribution is 4.90. The first-order chi connectivity index (χ1) is 9.51. The van der Waals surface area contributed by atoms with Crippen molar-refractivity contribution in [2.24, 2.45) is 17.3 Å². The Bertz CT molecular complexity index is 285. The third-order valence-corrected chi connectivity index (χ3v) is 5.25. The molecule has 0 aliphatic carbocycles. The summed E-state index contributed by atoms with van der Waals surface area (Å²) in [5.41, 5.74) is 0.439. The van der Waals surface area contributed by atoms with Crippen molar-refractivity contribution in [2.75, 3.05) is 39.4 Å². The van der Waals surface area contributed by atoms with Gasteiger partial charge in [-0.25, -0.2) is 0 Å². The fourth-order valence-corrected chi connectivity index (χ4v) is 3.64. The molecule has 1 N–H and O–H groups in total. The summed E-state index contributed by atoms with van der Waals surface area (Å²) >= 11 is 0. The summed E-state index contributed by atoms with van der Waals surface area (Å²) in [6.07, 6.45) is 3.83. The fraction of sp³-hybridized carbons (Fsp3) is 1.00. The molecule has 3 heteroatoms.